The fourth-order valence-corrected chi connectivity index (χ4v) is 2.83. The summed E-state index contributed by atoms with van der Waals surface area (Å²) in [6.07, 6.45) is 5.57. The van der Waals surface area contributed by atoms with Gasteiger partial charge in [0.25, 0.3) is 0 Å². The van der Waals surface area contributed by atoms with Gasteiger partial charge in [-0.1, -0.05) is 25.0 Å². The van der Waals surface area contributed by atoms with Crippen molar-refractivity contribution < 1.29 is 23.8 Å². The quantitative estimate of drug-likeness (QED) is 0.528. The fourth-order valence-electron chi connectivity index (χ4n) is 2.28. The van der Waals surface area contributed by atoms with Gasteiger partial charge in [-0.25, -0.2) is 0 Å². The minimum Gasteiger partial charge on any atom is -0.496 e. The number of aryl methyl sites for hydroxylation is 1. The van der Waals surface area contributed by atoms with Crippen LogP contribution in [0.5, 0.6) is 5.75 Å². The zero-order valence-electron chi connectivity index (χ0n) is 14.0. The molecular formula is C17H23NO5S. The molecule has 1 aromatic carbocycles. The van der Waals surface area contributed by atoms with Crippen LogP contribution in [0.2, 0.25) is 0 Å². The average Bonchev–Trinajstić information content (AvgIpc) is 2.99. The second kappa shape index (κ2) is 9.56. The molecule has 1 aliphatic heterocycles. The molecule has 0 aliphatic carbocycles. The Morgan fingerprint density at radius 1 is 1.33 bits per heavy atom. The van der Waals surface area contributed by atoms with Crippen molar-refractivity contribution in [2.75, 3.05) is 13.7 Å². The number of rotatable bonds is 9. The molecule has 0 radical (unpaired) electrons. The van der Waals surface area contributed by atoms with Crippen LogP contribution >= 0.6 is 12.0 Å². The third kappa shape index (κ3) is 6.07. The molecule has 1 heterocycles. The van der Waals surface area contributed by atoms with Crippen LogP contribution in [0.25, 0.3) is 6.08 Å². The Kier molecular flexibility index (Phi) is 7.42. The van der Waals surface area contributed by atoms with E-state index in [1.807, 2.05) is 31.2 Å². The molecule has 0 unspecified atom stereocenters. The van der Waals surface area contributed by atoms with Gasteiger partial charge in [-0.05, 0) is 36.6 Å². The van der Waals surface area contributed by atoms with E-state index < -0.39 is 5.97 Å². The minimum absolute atomic E-state index is 0.234. The number of carboxylic acids is 1. The zero-order chi connectivity index (χ0) is 17.4. The summed E-state index contributed by atoms with van der Waals surface area (Å²) in [4.78, 5) is 16.1. The molecule has 1 aliphatic rings. The van der Waals surface area contributed by atoms with E-state index >= 15 is 0 Å². The van der Waals surface area contributed by atoms with Crippen LogP contribution in [0.1, 0.15) is 43.2 Å². The Bertz CT molecular complexity index is 590. The van der Waals surface area contributed by atoms with Gasteiger partial charge in [0.1, 0.15) is 5.75 Å². The van der Waals surface area contributed by atoms with E-state index in [0.717, 1.165) is 36.1 Å². The van der Waals surface area contributed by atoms with Crippen LogP contribution in [0.15, 0.2) is 23.3 Å². The summed E-state index contributed by atoms with van der Waals surface area (Å²) in [7, 11) is 1.65. The Morgan fingerprint density at radius 3 is 2.88 bits per heavy atom. The maximum atomic E-state index is 10.4. The molecule has 0 spiro atoms. The smallest absolute Gasteiger partial charge is 0.303 e. The number of nitrogens with zero attached hydrogens (tertiary/aromatic N) is 1. The number of methoxy groups -OCH3 is 1. The summed E-state index contributed by atoms with van der Waals surface area (Å²) in [5.74, 6) is 0.0579. The molecule has 132 valence electrons. The van der Waals surface area contributed by atoms with Crippen molar-refractivity contribution >= 4 is 24.1 Å². The number of hydrogen-bond acceptors (Lipinski definition) is 6. The molecule has 0 bridgehead atoms. The molecule has 1 saturated heterocycles. The van der Waals surface area contributed by atoms with Crippen LogP contribution < -0.4 is 4.74 Å². The highest BCUT2D eigenvalue weighted by molar-refractivity contribution is 7.98. The van der Waals surface area contributed by atoms with Gasteiger partial charge in [0, 0.05) is 18.1 Å². The Balaban J connectivity index is 1.75. The van der Waals surface area contributed by atoms with Crippen LogP contribution in [-0.2, 0) is 13.9 Å². The van der Waals surface area contributed by atoms with Crippen LogP contribution in [0.3, 0.4) is 0 Å². The molecule has 6 nitrogen and oxygen atoms in total. The van der Waals surface area contributed by atoms with Crippen LogP contribution in [0, 0.1) is 6.92 Å². The van der Waals surface area contributed by atoms with Gasteiger partial charge >= 0.3 is 5.97 Å². The fraction of sp³-hybridized carbons (Fsp3) is 0.471. The number of ether oxygens (including phenoxy) is 1. The summed E-state index contributed by atoms with van der Waals surface area (Å²) >= 11 is 1.17. The Hall–Kier alpha value is -1.70. The van der Waals surface area contributed by atoms with Crippen LogP contribution in [0.4, 0.5) is 0 Å². The summed E-state index contributed by atoms with van der Waals surface area (Å²) in [5.41, 5.74) is 2.07. The number of hydroxylamine groups is 2. The number of carboxylic acid groups (broad SMARTS) is 1. The summed E-state index contributed by atoms with van der Waals surface area (Å²) in [6, 6.07) is 5.97. The van der Waals surface area contributed by atoms with Crippen molar-refractivity contribution in [3.05, 3.63) is 34.4 Å². The molecule has 1 N–H and O–H groups in total. The summed E-state index contributed by atoms with van der Waals surface area (Å²) in [6.45, 7) is 2.66. The Labute approximate surface area is 146 Å². The van der Waals surface area contributed by atoms with Crippen molar-refractivity contribution in [3.63, 3.8) is 0 Å². The summed E-state index contributed by atoms with van der Waals surface area (Å²) < 4.78 is 10.8. The minimum atomic E-state index is -0.737. The van der Waals surface area contributed by atoms with Gasteiger partial charge in [-0.3, -0.25) is 4.79 Å². The van der Waals surface area contributed by atoms with E-state index in [0.29, 0.717) is 18.1 Å². The molecule has 0 aromatic heterocycles. The molecule has 1 fully saturated rings. The van der Waals surface area contributed by atoms with Crippen molar-refractivity contribution in [2.24, 2.45) is 0 Å². The molecule has 24 heavy (non-hydrogen) atoms. The topological polar surface area (TPSA) is 68.2 Å². The third-order valence-electron chi connectivity index (χ3n) is 3.54. The highest BCUT2D eigenvalue weighted by Crippen LogP contribution is 2.33. The first-order valence-corrected chi connectivity index (χ1v) is 8.71. The molecule has 1 aromatic rings. The van der Waals surface area contributed by atoms with Crippen LogP contribution in [-0.4, -0.2) is 30.0 Å². The maximum Gasteiger partial charge on any atom is 0.303 e. The van der Waals surface area contributed by atoms with E-state index in [4.69, 9.17) is 19.0 Å². The lowest BCUT2D eigenvalue weighted by molar-refractivity contribution is -0.259. The first kappa shape index (κ1) is 18.6. The molecule has 0 atom stereocenters. The monoisotopic (exact) mass is 353 g/mol. The lowest BCUT2D eigenvalue weighted by atomic mass is 10.1. The number of aliphatic carboxylic acids is 1. The van der Waals surface area contributed by atoms with Gasteiger partial charge in [0.05, 0.1) is 25.7 Å². The van der Waals surface area contributed by atoms with Gasteiger partial charge in [-0.2, -0.15) is 4.28 Å². The van der Waals surface area contributed by atoms with E-state index in [2.05, 4.69) is 0 Å². The molecule has 7 heteroatoms. The predicted molar refractivity (Wildman–Crippen MR) is 92.9 cm³/mol. The van der Waals surface area contributed by atoms with Crippen molar-refractivity contribution in [1.82, 2.24) is 5.23 Å². The lowest BCUT2D eigenvalue weighted by Crippen LogP contribution is -2.16. The molecule has 2 rings (SSSR count). The van der Waals surface area contributed by atoms with Gasteiger partial charge in [0.15, 0.2) is 0 Å². The highest BCUT2D eigenvalue weighted by atomic mass is 32.2. The number of unbranched alkanes of at least 4 members (excludes halogenated alkanes) is 3. The molecular weight excluding hydrogens is 330 g/mol. The molecule has 0 amide bonds. The molecule has 0 saturated carbocycles. The average molecular weight is 353 g/mol. The lowest BCUT2D eigenvalue weighted by Gasteiger charge is -2.10. The van der Waals surface area contributed by atoms with Crippen molar-refractivity contribution in [3.8, 4) is 5.75 Å². The normalized spacial score (nSPS) is 16.3. The van der Waals surface area contributed by atoms with E-state index in [-0.39, 0.29) is 6.42 Å². The van der Waals surface area contributed by atoms with Gasteiger partial charge in [0.2, 0.25) is 5.09 Å². The predicted octanol–water partition coefficient (Wildman–Crippen LogP) is 4.16. The third-order valence-corrected chi connectivity index (χ3v) is 4.14. The second-order valence-corrected chi connectivity index (χ2v) is 6.29. The summed E-state index contributed by atoms with van der Waals surface area (Å²) in [5, 5.41) is 10.7. The number of hydrogen-bond donors (Lipinski definition) is 1. The first-order valence-electron chi connectivity index (χ1n) is 7.97. The van der Waals surface area contributed by atoms with E-state index in [1.54, 1.807) is 7.11 Å². The standard InChI is InChI=1S/C17H23NO5S/c1-13-8-9-14(15(11-13)21-2)12-17-22-18(23-24-17)10-6-4-3-5-7-16(19)20/h8-9,11-12H,3-7,10H2,1-2H3,(H,19,20)/b17-12-. The number of benzene rings is 1. The maximum absolute atomic E-state index is 10.4. The van der Waals surface area contributed by atoms with Gasteiger partial charge < -0.3 is 14.7 Å². The largest absolute Gasteiger partial charge is 0.496 e. The first-order chi connectivity index (χ1) is 11.6. The number of carbonyl (C=O) groups is 1. The van der Waals surface area contributed by atoms with Gasteiger partial charge in [-0.15, -0.1) is 0 Å². The highest BCUT2D eigenvalue weighted by Gasteiger charge is 2.21. The zero-order valence-corrected chi connectivity index (χ0v) is 14.8. The van der Waals surface area contributed by atoms with Crippen molar-refractivity contribution in [2.45, 2.75) is 39.0 Å². The Morgan fingerprint density at radius 2 is 2.12 bits per heavy atom. The SMILES string of the molecule is COc1cc(C)ccc1/C=C1/ON(CCCCCCC(=O)O)OS1. The second-order valence-electron chi connectivity index (χ2n) is 5.57. The van der Waals surface area contributed by atoms with E-state index in [1.165, 1.54) is 17.3 Å². The van der Waals surface area contributed by atoms with Crippen molar-refractivity contribution in [1.29, 1.82) is 0 Å². The van der Waals surface area contributed by atoms with E-state index in [9.17, 15) is 4.79 Å².